The van der Waals surface area contributed by atoms with Gasteiger partial charge in [0.2, 0.25) is 0 Å². The molecule has 0 aliphatic rings. The Morgan fingerprint density at radius 2 is 0.821 bits per heavy atom. The summed E-state index contributed by atoms with van der Waals surface area (Å²) in [6.45, 7) is 0. The molecule has 0 aliphatic carbocycles. The second-order valence-electron chi connectivity index (χ2n) is 5.90. The molecule has 0 spiro atoms. The Balaban J connectivity index is 0.000000167. The third kappa shape index (κ3) is 5.56. The van der Waals surface area contributed by atoms with Gasteiger partial charge in [0, 0.05) is 0 Å². The van der Waals surface area contributed by atoms with E-state index in [1.54, 1.807) is 48.5 Å². The van der Waals surface area contributed by atoms with Crippen molar-refractivity contribution in [3.05, 3.63) is 121 Å². The fourth-order valence-corrected chi connectivity index (χ4v) is 3.45. The van der Waals surface area contributed by atoms with E-state index in [2.05, 4.69) is 48.5 Å². The molecule has 4 aromatic carbocycles. The molecule has 0 fully saturated rings. The van der Waals surface area contributed by atoms with Crippen molar-refractivity contribution in [1.82, 2.24) is 0 Å². The highest BCUT2D eigenvalue weighted by Crippen LogP contribution is 2.18. The lowest BCUT2D eigenvalue weighted by Crippen LogP contribution is -2.09. The van der Waals surface area contributed by atoms with Gasteiger partial charge in [-0.1, -0.05) is 97.1 Å². The molecule has 0 atom stereocenters. The third-order valence-corrected chi connectivity index (χ3v) is 5.12. The fourth-order valence-electron chi connectivity index (χ4n) is 2.50. The van der Waals surface area contributed by atoms with Gasteiger partial charge in [-0.05, 0) is 35.4 Å². The zero-order valence-electron chi connectivity index (χ0n) is 15.2. The minimum atomic E-state index is -3.71. The number of hydrogen-bond acceptors (Lipinski definition) is 3. The summed E-state index contributed by atoms with van der Waals surface area (Å²) in [6, 6.07) is 37.3. The van der Waals surface area contributed by atoms with Crippen LogP contribution in [0, 0.1) is 0 Å². The molecule has 0 saturated heterocycles. The first-order chi connectivity index (χ1) is 13.6. The number of rotatable bonds is 4. The van der Waals surface area contributed by atoms with E-state index in [-0.39, 0.29) is 4.90 Å². The smallest absolute Gasteiger partial charge is 0.339 e. The molecule has 0 aliphatic heterocycles. The average Bonchev–Trinajstić information content (AvgIpc) is 2.77. The van der Waals surface area contributed by atoms with Gasteiger partial charge in [-0.15, -0.1) is 0 Å². The second-order valence-corrected chi connectivity index (χ2v) is 7.44. The predicted molar refractivity (Wildman–Crippen MR) is 113 cm³/mol. The molecule has 0 unspecified atom stereocenters. The van der Waals surface area contributed by atoms with Gasteiger partial charge in [0.05, 0.1) is 0 Å². The van der Waals surface area contributed by atoms with Crippen molar-refractivity contribution in [2.24, 2.45) is 0 Å². The quantitative estimate of drug-likeness (QED) is 0.415. The normalized spacial score (nSPS) is 10.4. The van der Waals surface area contributed by atoms with Crippen molar-refractivity contribution < 1.29 is 12.6 Å². The van der Waals surface area contributed by atoms with Crippen LogP contribution in [-0.2, 0) is 10.1 Å². The van der Waals surface area contributed by atoms with Crippen molar-refractivity contribution in [1.29, 1.82) is 0 Å². The van der Waals surface area contributed by atoms with Crippen LogP contribution in [0.3, 0.4) is 0 Å². The van der Waals surface area contributed by atoms with Gasteiger partial charge in [-0.25, -0.2) is 0 Å². The summed E-state index contributed by atoms with van der Waals surface area (Å²) in [6.07, 6.45) is 0. The Morgan fingerprint density at radius 3 is 1.25 bits per heavy atom. The van der Waals surface area contributed by atoms with E-state index in [0.717, 1.165) is 0 Å². The molecule has 0 heterocycles. The number of hydrogen-bond donors (Lipinski definition) is 0. The molecular weight excluding hydrogens is 368 g/mol. The molecule has 4 rings (SSSR count). The van der Waals surface area contributed by atoms with E-state index in [1.807, 2.05) is 12.1 Å². The first-order valence-corrected chi connectivity index (χ1v) is 10.2. The van der Waals surface area contributed by atoms with E-state index in [0.29, 0.717) is 5.75 Å². The van der Waals surface area contributed by atoms with Gasteiger partial charge < -0.3 is 4.18 Å². The maximum Gasteiger partial charge on any atom is 0.339 e. The highest BCUT2D eigenvalue weighted by Gasteiger charge is 2.15. The average molecular weight is 388 g/mol. The summed E-state index contributed by atoms with van der Waals surface area (Å²) < 4.78 is 28.5. The van der Waals surface area contributed by atoms with Crippen molar-refractivity contribution >= 4 is 10.1 Å². The minimum absolute atomic E-state index is 0.152. The zero-order valence-corrected chi connectivity index (χ0v) is 16.0. The Hall–Kier alpha value is -3.37. The van der Waals surface area contributed by atoms with Gasteiger partial charge in [0.25, 0.3) is 0 Å². The molecule has 0 aromatic heterocycles. The fraction of sp³-hybridized carbons (Fsp3) is 0. The topological polar surface area (TPSA) is 43.4 Å². The molecule has 4 aromatic rings. The second kappa shape index (κ2) is 9.53. The molecular formula is C24H20O3S. The highest BCUT2D eigenvalue weighted by molar-refractivity contribution is 7.87. The lowest BCUT2D eigenvalue weighted by molar-refractivity contribution is 0.486. The van der Waals surface area contributed by atoms with Crippen LogP contribution in [0.1, 0.15) is 0 Å². The summed E-state index contributed by atoms with van der Waals surface area (Å²) in [5, 5.41) is 0. The summed E-state index contributed by atoms with van der Waals surface area (Å²) >= 11 is 0. The maximum absolute atomic E-state index is 11.8. The first kappa shape index (κ1) is 19.4. The number of para-hydroxylation sites is 1. The van der Waals surface area contributed by atoms with E-state index in [4.69, 9.17) is 4.18 Å². The Morgan fingerprint density at radius 1 is 0.464 bits per heavy atom. The van der Waals surface area contributed by atoms with Crippen LogP contribution in [0.5, 0.6) is 5.75 Å². The highest BCUT2D eigenvalue weighted by atomic mass is 32.2. The van der Waals surface area contributed by atoms with Crippen molar-refractivity contribution in [2.45, 2.75) is 4.90 Å². The molecule has 28 heavy (non-hydrogen) atoms. The van der Waals surface area contributed by atoms with Crippen LogP contribution >= 0.6 is 0 Å². The van der Waals surface area contributed by atoms with Crippen LogP contribution in [0.15, 0.2) is 126 Å². The van der Waals surface area contributed by atoms with E-state index in [9.17, 15) is 8.42 Å². The van der Waals surface area contributed by atoms with Crippen molar-refractivity contribution in [3.8, 4) is 16.9 Å². The van der Waals surface area contributed by atoms with Gasteiger partial charge in [-0.2, -0.15) is 8.42 Å². The van der Waals surface area contributed by atoms with Crippen LogP contribution in [-0.4, -0.2) is 8.42 Å². The van der Waals surface area contributed by atoms with E-state index < -0.39 is 10.1 Å². The van der Waals surface area contributed by atoms with Crippen molar-refractivity contribution in [2.75, 3.05) is 0 Å². The largest absolute Gasteiger partial charge is 0.379 e. The van der Waals surface area contributed by atoms with Crippen LogP contribution in [0.2, 0.25) is 0 Å². The Bertz CT molecular complexity index is 1030. The molecule has 4 heteroatoms. The predicted octanol–water partition coefficient (Wildman–Crippen LogP) is 5.81. The monoisotopic (exact) mass is 388 g/mol. The van der Waals surface area contributed by atoms with Gasteiger partial charge in [-0.3, -0.25) is 0 Å². The minimum Gasteiger partial charge on any atom is -0.379 e. The van der Waals surface area contributed by atoms with Gasteiger partial charge >= 0.3 is 10.1 Å². The lowest BCUT2D eigenvalue weighted by Gasteiger charge is -2.05. The third-order valence-electron chi connectivity index (χ3n) is 3.86. The summed E-state index contributed by atoms with van der Waals surface area (Å²) in [4.78, 5) is 0.152. The summed E-state index contributed by atoms with van der Waals surface area (Å²) in [7, 11) is -3.71. The molecule has 3 nitrogen and oxygen atoms in total. The molecule has 140 valence electrons. The molecule has 0 amide bonds. The standard InChI is InChI=1S/C12H10O3S.C12H10/c13-16(14,12-9-5-2-6-10-12)15-11-7-3-1-4-8-11;1-3-7-11(8-4-1)12-9-5-2-6-10-12/h1-10H;1-10H. The summed E-state index contributed by atoms with van der Waals surface area (Å²) in [5.74, 6) is 0.311. The zero-order chi connectivity index (χ0) is 19.7. The van der Waals surface area contributed by atoms with Crippen molar-refractivity contribution in [3.63, 3.8) is 0 Å². The molecule has 0 saturated carbocycles. The van der Waals surface area contributed by atoms with Crippen LogP contribution in [0.4, 0.5) is 0 Å². The maximum atomic E-state index is 11.8. The number of benzene rings is 4. The molecule has 0 radical (unpaired) electrons. The van der Waals surface area contributed by atoms with Crippen LogP contribution in [0.25, 0.3) is 11.1 Å². The Kier molecular flexibility index (Phi) is 6.60. The molecule has 0 N–H and O–H groups in total. The molecule has 0 bridgehead atoms. The van der Waals surface area contributed by atoms with E-state index in [1.165, 1.54) is 23.3 Å². The van der Waals surface area contributed by atoms with Gasteiger partial charge in [0.15, 0.2) is 0 Å². The van der Waals surface area contributed by atoms with Gasteiger partial charge in [0.1, 0.15) is 10.6 Å². The van der Waals surface area contributed by atoms with Crippen LogP contribution < -0.4 is 4.18 Å². The first-order valence-electron chi connectivity index (χ1n) is 8.80. The SMILES string of the molecule is O=S(=O)(Oc1ccccc1)c1ccccc1.c1ccc(-c2ccccc2)cc1. The Labute approximate surface area is 166 Å². The lowest BCUT2D eigenvalue weighted by atomic mass is 10.1. The van der Waals surface area contributed by atoms with E-state index >= 15 is 0 Å². The summed E-state index contributed by atoms with van der Waals surface area (Å²) in [5.41, 5.74) is 2.55.